The van der Waals surface area contributed by atoms with Crippen molar-refractivity contribution >= 4 is 22.2 Å². The van der Waals surface area contributed by atoms with E-state index in [2.05, 4.69) is 26.0 Å². The lowest BCUT2D eigenvalue weighted by atomic mass is 10.0. The van der Waals surface area contributed by atoms with Crippen molar-refractivity contribution in [2.45, 2.75) is 19.4 Å². The van der Waals surface area contributed by atoms with Crippen molar-refractivity contribution in [2.75, 3.05) is 13.7 Å². The number of aliphatic hydroxyl groups is 1. The first-order valence-electron chi connectivity index (χ1n) is 9.93. The fourth-order valence-corrected chi connectivity index (χ4v) is 3.66. The van der Waals surface area contributed by atoms with Gasteiger partial charge < -0.3 is 19.4 Å². The summed E-state index contributed by atoms with van der Waals surface area (Å²) in [5, 5.41) is 9.81. The Kier molecular flexibility index (Phi) is 4.44. The lowest BCUT2D eigenvalue weighted by Gasteiger charge is -2.24. The summed E-state index contributed by atoms with van der Waals surface area (Å²) in [6, 6.07) is 9.80. The molecule has 0 unspecified atom stereocenters. The van der Waals surface area contributed by atoms with Crippen molar-refractivity contribution < 1.29 is 9.84 Å². The molecule has 31 heavy (non-hydrogen) atoms. The van der Waals surface area contributed by atoms with Crippen LogP contribution in [0.25, 0.3) is 44.6 Å². The number of rotatable bonds is 5. The van der Waals surface area contributed by atoms with Gasteiger partial charge in [-0.2, -0.15) is 0 Å². The normalized spacial score (nSPS) is 12.0. The van der Waals surface area contributed by atoms with Crippen LogP contribution in [-0.4, -0.2) is 48.3 Å². The van der Waals surface area contributed by atoms with Gasteiger partial charge in [0.2, 0.25) is 5.88 Å². The Morgan fingerprint density at radius 1 is 1.10 bits per heavy atom. The smallest absolute Gasteiger partial charge is 0.213 e. The first kappa shape index (κ1) is 19.2. The fourth-order valence-electron chi connectivity index (χ4n) is 3.66. The highest BCUT2D eigenvalue weighted by Gasteiger charge is 2.22. The molecule has 0 saturated heterocycles. The maximum Gasteiger partial charge on any atom is 0.213 e. The second-order valence-electron chi connectivity index (χ2n) is 8.03. The molecule has 0 amide bonds. The van der Waals surface area contributed by atoms with Gasteiger partial charge in [-0.25, -0.2) is 19.9 Å². The summed E-state index contributed by atoms with van der Waals surface area (Å²) in [5.41, 5.74) is 6.42. The summed E-state index contributed by atoms with van der Waals surface area (Å²) in [5.74, 6) is 0.527. The number of aromatic amines is 1. The van der Waals surface area contributed by atoms with Crippen molar-refractivity contribution in [1.29, 1.82) is 0 Å². The SMILES string of the molecule is COc1cc(-c2cnc3[nH]cc(-c4ccc5ncn(C(C)(C)CO)c5c4)c3n2)ccn1. The van der Waals surface area contributed by atoms with E-state index in [1.807, 2.05) is 48.9 Å². The molecule has 0 fully saturated rings. The Hall–Kier alpha value is -3.78. The topological polar surface area (TPSA) is 102 Å². The molecule has 0 aliphatic rings. The molecule has 4 aromatic heterocycles. The number of hydrogen-bond acceptors (Lipinski definition) is 6. The van der Waals surface area contributed by atoms with Gasteiger partial charge in [-0.1, -0.05) is 6.07 Å². The van der Waals surface area contributed by atoms with Crippen LogP contribution in [0.3, 0.4) is 0 Å². The van der Waals surface area contributed by atoms with Gasteiger partial charge in [0.05, 0.1) is 48.5 Å². The predicted molar refractivity (Wildman–Crippen MR) is 119 cm³/mol. The molecule has 0 bridgehead atoms. The van der Waals surface area contributed by atoms with Crippen molar-refractivity contribution in [3.63, 3.8) is 0 Å². The van der Waals surface area contributed by atoms with Crippen molar-refractivity contribution in [3.8, 4) is 28.3 Å². The second kappa shape index (κ2) is 7.17. The van der Waals surface area contributed by atoms with Gasteiger partial charge in [-0.15, -0.1) is 0 Å². The third kappa shape index (κ3) is 3.21. The van der Waals surface area contributed by atoms with E-state index in [9.17, 15) is 5.11 Å². The minimum Gasteiger partial charge on any atom is -0.481 e. The first-order chi connectivity index (χ1) is 15.0. The molecule has 2 N–H and O–H groups in total. The summed E-state index contributed by atoms with van der Waals surface area (Å²) in [4.78, 5) is 21.3. The summed E-state index contributed by atoms with van der Waals surface area (Å²) in [6.45, 7) is 3.97. The van der Waals surface area contributed by atoms with Crippen LogP contribution in [0, 0.1) is 0 Å². The Morgan fingerprint density at radius 2 is 1.97 bits per heavy atom. The Bertz CT molecular complexity index is 1400. The van der Waals surface area contributed by atoms with Gasteiger partial charge in [0.15, 0.2) is 5.65 Å². The largest absolute Gasteiger partial charge is 0.481 e. The number of aliphatic hydroxyl groups excluding tert-OH is 1. The molecule has 1 aromatic carbocycles. The number of fused-ring (bicyclic) bond motifs is 2. The number of hydrogen-bond donors (Lipinski definition) is 2. The monoisotopic (exact) mass is 414 g/mol. The standard InChI is InChI=1S/C23H22N6O2/c1-23(2,12-30)29-13-27-17-5-4-14(8-19(17)29)16-10-25-22-21(16)28-18(11-26-22)15-6-7-24-20(9-15)31-3/h4-11,13,30H,12H2,1-3H3,(H,25,26). The fraction of sp³-hybridized carbons (Fsp3) is 0.217. The van der Waals surface area contributed by atoms with Crippen molar-refractivity contribution in [3.05, 3.63) is 55.2 Å². The molecular formula is C23H22N6O2. The third-order valence-corrected chi connectivity index (χ3v) is 5.52. The second-order valence-corrected chi connectivity index (χ2v) is 8.03. The van der Waals surface area contributed by atoms with Crippen LogP contribution in [-0.2, 0) is 5.54 Å². The molecule has 0 atom stereocenters. The molecule has 0 radical (unpaired) electrons. The van der Waals surface area contributed by atoms with Gasteiger partial charge >= 0.3 is 0 Å². The predicted octanol–water partition coefficient (Wildman–Crippen LogP) is 3.77. The van der Waals surface area contributed by atoms with Crippen LogP contribution in [0.5, 0.6) is 5.88 Å². The molecule has 0 aliphatic carbocycles. The van der Waals surface area contributed by atoms with Crippen LogP contribution in [0.4, 0.5) is 0 Å². The lowest BCUT2D eigenvalue weighted by Crippen LogP contribution is -2.29. The Balaban J connectivity index is 1.65. The van der Waals surface area contributed by atoms with E-state index in [1.54, 1.807) is 25.8 Å². The molecule has 8 heteroatoms. The number of ether oxygens (including phenoxy) is 1. The quantitative estimate of drug-likeness (QED) is 0.454. The first-order valence-corrected chi connectivity index (χ1v) is 9.93. The number of nitrogens with one attached hydrogen (secondary N) is 1. The average molecular weight is 414 g/mol. The number of nitrogens with zero attached hydrogens (tertiary/aromatic N) is 5. The maximum atomic E-state index is 9.81. The minimum atomic E-state index is -0.457. The highest BCUT2D eigenvalue weighted by atomic mass is 16.5. The maximum absolute atomic E-state index is 9.81. The molecule has 0 spiro atoms. The van der Waals surface area contributed by atoms with E-state index in [0.29, 0.717) is 11.5 Å². The molecule has 4 heterocycles. The number of methoxy groups -OCH3 is 1. The van der Waals surface area contributed by atoms with Crippen LogP contribution in [0.1, 0.15) is 13.8 Å². The zero-order valence-corrected chi connectivity index (χ0v) is 17.5. The minimum absolute atomic E-state index is 0.0139. The number of benzene rings is 1. The zero-order valence-electron chi connectivity index (χ0n) is 17.5. The van der Waals surface area contributed by atoms with Crippen LogP contribution < -0.4 is 4.74 Å². The average Bonchev–Trinajstić information content (AvgIpc) is 3.42. The van der Waals surface area contributed by atoms with Crippen molar-refractivity contribution in [1.82, 2.24) is 29.5 Å². The van der Waals surface area contributed by atoms with E-state index in [0.717, 1.165) is 38.9 Å². The number of pyridine rings is 1. The molecular weight excluding hydrogens is 392 g/mol. The highest BCUT2D eigenvalue weighted by Crippen LogP contribution is 2.32. The lowest BCUT2D eigenvalue weighted by molar-refractivity contribution is 0.168. The summed E-state index contributed by atoms with van der Waals surface area (Å²) >= 11 is 0. The number of imidazole rings is 1. The third-order valence-electron chi connectivity index (χ3n) is 5.52. The van der Waals surface area contributed by atoms with E-state index < -0.39 is 5.54 Å². The van der Waals surface area contributed by atoms with Crippen LogP contribution in [0.2, 0.25) is 0 Å². The molecule has 5 aromatic rings. The van der Waals surface area contributed by atoms with Gasteiger partial charge in [0.1, 0.15) is 5.52 Å². The van der Waals surface area contributed by atoms with Crippen LogP contribution >= 0.6 is 0 Å². The van der Waals surface area contributed by atoms with Gasteiger partial charge in [0, 0.05) is 29.6 Å². The molecule has 0 aliphatic heterocycles. The zero-order chi connectivity index (χ0) is 21.6. The Labute approximate surface area is 178 Å². The van der Waals surface area contributed by atoms with E-state index >= 15 is 0 Å². The van der Waals surface area contributed by atoms with Crippen molar-refractivity contribution in [2.24, 2.45) is 0 Å². The molecule has 156 valence electrons. The molecule has 0 saturated carbocycles. The summed E-state index contributed by atoms with van der Waals surface area (Å²) in [6.07, 6.45) is 7.12. The van der Waals surface area contributed by atoms with Gasteiger partial charge in [-0.05, 0) is 37.6 Å². The van der Waals surface area contributed by atoms with E-state index in [1.165, 1.54) is 0 Å². The molecule has 5 rings (SSSR count). The highest BCUT2D eigenvalue weighted by molar-refractivity contribution is 5.94. The van der Waals surface area contributed by atoms with E-state index in [4.69, 9.17) is 9.72 Å². The summed E-state index contributed by atoms with van der Waals surface area (Å²) in [7, 11) is 1.59. The number of H-pyrrole nitrogens is 1. The van der Waals surface area contributed by atoms with Gasteiger partial charge in [0.25, 0.3) is 0 Å². The summed E-state index contributed by atoms with van der Waals surface area (Å²) < 4.78 is 7.23. The molecule has 8 nitrogen and oxygen atoms in total. The van der Waals surface area contributed by atoms with Crippen LogP contribution in [0.15, 0.2) is 55.2 Å². The number of aromatic nitrogens is 6. The van der Waals surface area contributed by atoms with Gasteiger partial charge in [-0.3, -0.25) is 0 Å². The Morgan fingerprint density at radius 3 is 2.77 bits per heavy atom. The van der Waals surface area contributed by atoms with E-state index in [-0.39, 0.29) is 6.61 Å².